The van der Waals surface area contributed by atoms with Crippen LogP contribution in [0.4, 0.5) is 42.9 Å². The van der Waals surface area contributed by atoms with Gasteiger partial charge < -0.3 is 14.2 Å². The van der Waals surface area contributed by atoms with Gasteiger partial charge in [0.1, 0.15) is 17.2 Å². The third kappa shape index (κ3) is 7.15. The molecule has 1 aliphatic carbocycles. The van der Waals surface area contributed by atoms with Crippen molar-refractivity contribution in [2.24, 2.45) is 0 Å². The third-order valence-corrected chi connectivity index (χ3v) is 15.2. The molecule has 13 aromatic rings. The van der Waals surface area contributed by atoms with Crippen molar-refractivity contribution in [3.05, 3.63) is 313 Å². The summed E-state index contributed by atoms with van der Waals surface area (Å²) in [6.45, 7) is 0. The minimum absolute atomic E-state index is 0.354. The number of nitrogens with zero attached hydrogens (tertiary/aromatic N) is 2. The summed E-state index contributed by atoms with van der Waals surface area (Å²) >= 11 is 0. The van der Waals surface area contributed by atoms with Gasteiger partial charge in [0, 0.05) is 38.8 Å². The fraction of sp³-hybridized carbons (Fsp3) is 0.0141. The normalized spacial score (nSPS) is 12.4. The van der Waals surface area contributed by atoms with Crippen LogP contribution >= 0.6 is 0 Å². The highest BCUT2D eigenvalue weighted by molar-refractivity contribution is 6.21. The lowest BCUT2D eigenvalue weighted by molar-refractivity contribution is 0.628. The number of anilines is 6. The standard InChI is InChI=1S/C71H46F2N2O/c72-63-32-18-19-33-65(63)75(55-38-34-49(35-39-55)47-20-6-1-7-21-47)68-67-59-42-40-56(74(54-29-14-5-15-30-54)66-43-37-51(44-64(66)73)48-22-8-2-9-23-48)45-61(59)71(52-25-10-3-11-26-52,53-27-12-4-13-28-53)62(67)46-60-58-41-36-50-24-16-17-31-57(50)69(58)76-70(60)68/h1-46H. The first-order chi connectivity index (χ1) is 37.5. The van der Waals surface area contributed by atoms with E-state index < -0.39 is 5.41 Å². The highest BCUT2D eigenvalue weighted by atomic mass is 19.1. The molecule has 1 aromatic heterocycles. The van der Waals surface area contributed by atoms with Crippen molar-refractivity contribution in [3.8, 4) is 33.4 Å². The van der Waals surface area contributed by atoms with Crippen molar-refractivity contribution >= 4 is 66.8 Å². The van der Waals surface area contributed by atoms with Crippen molar-refractivity contribution in [1.82, 2.24) is 0 Å². The molecule has 0 aliphatic heterocycles. The van der Waals surface area contributed by atoms with E-state index in [9.17, 15) is 0 Å². The summed E-state index contributed by atoms with van der Waals surface area (Å²) in [5, 5.41) is 3.88. The van der Waals surface area contributed by atoms with E-state index in [0.29, 0.717) is 22.6 Å². The Bertz CT molecular complexity index is 4260. The van der Waals surface area contributed by atoms with Gasteiger partial charge in [-0.05, 0) is 128 Å². The number of hydrogen-bond acceptors (Lipinski definition) is 3. The summed E-state index contributed by atoms with van der Waals surface area (Å²) in [6, 6.07) is 93.8. The molecule has 0 bridgehead atoms. The number of rotatable bonds is 10. The lowest BCUT2D eigenvalue weighted by Gasteiger charge is -2.35. The van der Waals surface area contributed by atoms with Crippen LogP contribution in [0.1, 0.15) is 22.3 Å². The molecule has 12 aromatic carbocycles. The van der Waals surface area contributed by atoms with Crippen LogP contribution in [0.5, 0.6) is 0 Å². The molecule has 0 spiro atoms. The van der Waals surface area contributed by atoms with Gasteiger partial charge in [0.2, 0.25) is 0 Å². The van der Waals surface area contributed by atoms with Gasteiger partial charge in [-0.25, -0.2) is 8.78 Å². The number of para-hydroxylation sites is 2. The Labute approximate surface area is 439 Å². The maximum atomic E-state index is 17.2. The lowest BCUT2D eigenvalue weighted by Crippen LogP contribution is -2.29. The van der Waals surface area contributed by atoms with Crippen LogP contribution in [-0.4, -0.2) is 0 Å². The van der Waals surface area contributed by atoms with E-state index in [0.717, 1.165) is 99.8 Å². The molecule has 1 aliphatic rings. The molecule has 0 N–H and O–H groups in total. The largest absolute Gasteiger partial charge is 0.453 e. The van der Waals surface area contributed by atoms with E-state index >= 15 is 8.78 Å². The topological polar surface area (TPSA) is 19.6 Å². The van der Waals surface area contributed by atoms with E-state index in [2.05, 4.69) is 150 Å². The number of benzene rings is 12. The molecule has 0 atom stereocenters. The van der Waals surface area contributed by atoms with E-state index in [1.54, 1.807) is 12.1 Å². The first kappa shape index (κ1) is 44.8. The lowest BCUT2D eigenvalue weighted by atomic mass is 9.67. The zero-order valence-electron chi connectivity index (χ0n) is 41.1. The molecule has 0 saturated carbocycles. The first-order valence-corrected chi connectivity index (χ1v) is 25.6. The van der Waals surface area contributed by atoms with Crippen LogP contribution in [0.3, 0.4) is 0 Å². The molecular weight excluding hydrogens is 935 g/mol. The van der Waals surface area contributed by atoms with Gasteiger partial charge in [0.05, 0.1) is 22.5 Å². The van der Waals surface area contributed by atoms with Gasteiger partial charge in [-0.1, -0.05) is 206 Å². The second kappa shape index (κ2) is 18.3. The van der Waals surface area contributed by atoms with Crippen LogP contribution in [0.25, 0.3) is 66.1 Å². The summed E-state index contributed by atoms with van der Waals surface area (Å²) < 4.78 is 41.8. The summed E-state index contributed by atoms with van der Waals surface area (Å²) in [6.07, 6.45) is 0. The summed E-state index contributed by atoms with van der Waals surface area (Å²) in [7, 11) is 0. The predicted molar refractivity (Wildman–Crippen MR) is 309 cm³/mol. The van der Waals surface area contributed by atoms with E-state index in [1.807, 2.05) is 120 Å². The minimum atomic E-state index is -0.970. The van der Waals surface area contributed by atoms with Crippen LogP contribution in [0.2, 0.25) is 0 Å². The Morgan fingerprint density at radius 1 is 0.329 bits per heavy atom. The Morgan fingerprint density at radius 2 is 0.868 bits per heavy atom. The minimum Gasteiger partial charge on any atom is -0.453 e. The predicted octanol–water partition coefficient (Wildman–Crippen LogP) is 19.7. The van der Waals surface area contributed by atoms with Gasteiger partial charge in [0.25, 0.3) is 0 Å². The van der Waals surface area contributed by atoms with E-state index in [-0.39, 0.29) is 11.6 Å². The molecule has 0 saturated heterocycles. The highest BCUT2D eigenvalue weighted by Crippen LogP contribution is 2.63. The first-order valence-electron chi connectivity index (χ1n) is 25.6. The Kier molecular flexibility index (Phi) is 10.8. The molecule has 76 heavy (non-hydrogen) atoms. The quantitative estimate of drug-likeness (QED) is 0.136. The summed E-state index contributed by atoms with van der Waals surface area (Å²) in [4.78, 5) is 4.07. The number of fused-ring (bicyclic) bond motifs is 8. The average molecular weight is 981 g/mol. The number of halogens is 2. The maximum Gasteiger partial charge on any atom is 0.160 e. The number of furan rings is 1. The highest BCUT2D eigenvalue weighted by Gasteiger charge is 2.49. The maximum absolute atomic E-state index is 17.2. The molecule has 1 heterocycles. The smallest absolute Gasteiger partial charge is 0.160 e. The van der Waals surface area contributed by atoms with E-state index in [1.165, 1.54) is 6.07 Å². The molecular formula is C71H46F2N2O. The summed E-state index contributed by atoms with van der Waals surface area (Å²) in [5.41, 5.74) is 13.9. The van der Waals surface area contributed by atoms with Crippen LogP contribution in [0, 0.1) is 11.6 Å². The van der Waals surface area contributed by atoms with Gasteiger partial charge in [0.15, 0.2) is 5.58 Å². The molecule has 0 amide bonds. The molecule has 0 radical (unpaired) electrons. The second-order valence-electron chi connectivity index (χ2n) is 19.4. The molecule has 5 heteroatoms. The molecule has 360 valence electrons. The zero-order chi connectivity index (χ0) is 50.7. The van der Waals surface area contributed by atoms with Gasteiger partial charge in [-0.2, -0.15) is 0 Å². The van der Waals surface area contributed by atoms with Gasteiger partial charge in [-0.3, -0.25) is 0 Å². The Balaban J connectivity index is 1.12. The van der Waals surface area contributed by atoms with Crippen molar-refractivity contribution in [1.29, 1.82) is 0 Å². The van der Waals surface area contributed by atoms with Crippen molar-refractivity contribution in [2.45, 2.75) is 5.41 Å². The third-order valence-electron chi connectivity index (χ3n) is 15.2. The monoisotopic (exact) mass is 980 g/mol. The molecule has 0 unspecified atom stereocenters. The summed E-state index contributed by atoms with van der Waals surface area (Å²) in [5.74, 6) is -0.737. The van der Waals surface area contributed by atoms with Crippen molar-refractivity contribution in [2.75, 3.05) is 9.80 Å². The van der Waals surface area contributed by atoms with E-state index in [4.69, 9.17) is 4.42 Å². The molecule has 3 nitrogen and oxygen atoms in total. The van der Waals surface area contributed by atoms with Gasteiger partial charge >= 0.3 is 0 Å². The average Bonchev–Trinajstić information content (AvgIpc) is 4.02. The number of hydrogen-bond donors (Lipinski definition) is 0. The Hall–Kier alpha value is -9.84. The van der Waals surface area contributed by atoms with Crippen molar-refractivity contribution in [3.63, 3.8) is 0 Å². The SMILES string of the molecule is Fc1cc(-c2ccccc2)ccc1N(c1ccccc1)c1ccc2c(c1)C(c1ccccc1)(c1ccccc1)c1cc3c(oc4c5ccccc5ccc34)c(N(c3ccc(-c4ccccc4)cc3)c3ccccc3F)c1-2. The van der Waals surface area contributed by atoms with Crippen molar-refractivity contribution < 1.29 is 13.2 Å². The van der Waals surface area contributed by atoms with Crippen LogP contribution in [-0.2, 0) is 5.41 Å². The molecule has 14 rings (SSSR count). The second-order valence-corrected chi connectivity index (χ2v) is 19.4. The fourth-order valence-electron chi connectivity index (χ4n) is 11.9. The molecule has 0 fully saturated rings. The Morgan fingerprint density at radius 3 is 1.54 bits per heavy atom. The fourth-order valence-corrected chi connectivity index (χ4v) is 11.9. The van der Waals surface area contributed by atoms with Crippen LogP contribution < -0.4 is 9.80 Å². The van der Waals surface area contributed by atoms with Gasteiger partial charge in [-0.15, -0.1) is 0 Å². The van der Waals surface area contributed by atoms with Crippen LogP contribution in [0.15, 0.2) is 283 Å². The zero-order valence-corrected chi connectivity index (χ0v) is 41.1.